The van der Waals surface area contributed by atoms with Gasteiger partial charge in [0.15, 0.2) is 0 Å². The van der Waals surface area contributed by atoms with Crippen LogP contribution in [0.25, 0.3) is 66.3 Å². The van der Waals surface area contributed by atoms with Crippen molar-refractivity contribution < 1.29 is 0 Å². The summed E-state index contributed by atoms with van der Waals surface area (Å²) in [6.07, 6.45) is 28.7. The summed E-state index contributed by atoms with van der Waals surface area (Å²) in [6.45, 7) is 28.2. The molecule has 0 N–H and O–H groups in total. The van der Waals surface area contributed by atoms with Crippen LogP contribution in [0.2, 0.25) is 0 Å². The molecule has 4 aliphatic heterocycles. The fourth-order valence-corrected chi connectivity index (χ4v) is 25.8. The van der Waals surface area contributed by atoms with Crippen molar-refractivity contribution in [2.45, 2.75) is 257 Å². The summed E-state index contributed by atoms with van der Waals surface area (Å²) in [4.78, 5) is 10.6. The van der Waals surface area contributed by atoms with Crippen LogP contribution in [0.1, 0.15) is 280 Å². The second-order valence-corrected chi connectivity index (χ2v) is 46.6. The lowest BCUT2D eigenvalue weighted by atomic mass is 9.33. The SMILES string of the molecule is CC(C)(C)c1cc(N2c3ccccc3B3c4ccccc4N(c4cc(C(C)(C)C)cc(C(C)(C)C)c4)c4cc(-n5ccc6ccccc65)cc2c43)cc(C(C)(C)C)c1.c1ccc(-c2ccc3c(c2)c2cc(-c4ccccc4)ccc2n3-c2cc3c4c(c2)N(c2ccc(C5CCCCC5)cc2)c2ccc(C5CCCCC5)cc2B4c2cc(C4CCCCC4)ccc2N3c2ccc(C3CCCCC3)cc2)cc1. The summed E-state index contributed by atoms with van der Waals surface area (Å²) in [5, 5.41) is 3.77. The molecule has 0 bridgehead atoms. The van der Waals surface area contributed by atoms with Gasteiger partial charge in [-0.05, 0) is 335 Å². The van der Waals surface area contributed by atoms with Gasteiger partial charge in [0.05, 0.1) is 22.2 Å². The van der Waals surface area contributed by atoms with Gasteiger partial charge in [-0.3, -0.25) is 0 Å². The van der Waals surface area contributed by atoms with Crippen LogP contribution in [0.15, 0.2) is 328 Å². The standard InChI is InChI=1S/C78H76BN3.C54H58BN3/c1-7-19-53(20-8-1)59-31-39-65(40-32-59)80-74-45-37-63(57-27-15-5-16-28-57)49-70(74)79-71-50-64(58-29-17-6-18-30-58)38-46-75(71)81(66-41-33-60(34-42-66)54-21-9-2-10-22-54)77-52-67(51-76(80)78(77)79)82-72-43-35-61(55-23-11-3-12-24-55)47-68(72)69-48-62(36-44-73(69)82)56-25-13-4-14-26-56;1-51(2,3)36-27-37(52(4,5)6)30-41(29-36)57-46-23-17-14-20-43(46)55-44-21-15-18-24-47(44)58(42-31-38(53(7,8)9)28-39(32-42)54(10,11)12)49-34-40(33-48(57)50(49)55)56-26-25-35-19-13-16-22-45(35)56/h3-4,11-14,23-26,31-54,57-58H,1-2,5-10,15-22,27-30H2;13-34H,1-12H3. The molecule has 0 saturated heterocycles. The lowest BCUT2D eigenvalue weighted by Crippen LogP contribution is -2.61. The van der Waals surface area contributed by atoms with Crippen LogP contribution in [0.3, 0.4) is 0 Å². The molecule has 8 heteroatoms. The van der Waals surface area contributed by atoms with Gasteiger partial charge in [0.25, 0.3) is 13.4 Å². The Bertz CT molecular complexity index is 7120. The maximum Gasteiger partial charge on any atom is 0.252 e. The van der Waals surface area contributed by atoms with E-state index in [1.54, 1.807) is 0 Å². The van der Waals surface area contributed by atoms with Crippen LogP contribution in [-0.2, 0) is 21.7 Å². The van der Waals surface area contributed by atoms with Gasteiger partial charge in [-0.25, -0.2) is 0 Å². The van der Waals surface area contributed by atoms with Gasteiger partial charge in [-0.1, -0.05) is 348 Å². The van der Waals surface area contributed by atoms with Crippen molar-refractivity contribution in [1.29, 1.82) is 0 Å². The molecule has 4 aliphatic carbocycles. The quantitative estimate of drug-likeness (QED) is 0.114. The van der Waals surface area contributed by atoms with Gasteiger partial charge in [-0.15, -0.1) is 0 Å². The molecule has 0 spiro atoms. The Kier molecular flexibility index (Phi) is 22.8. The first-order valence-corrected chi connectivity index (χ1v) is 53.3. The van der Waals surface area contributed by atoms with E-state index in [-0.39, 0.29) is 35.1 Å². The lowest BCUT2D eigenvalue weighted by molar-refractivity contribution is 0.443. The summed E-state index contributed by atoms with van der Waals surface area (Å²) in [7, 11) is 0. The van der Waals surface area contributed by atoms with E-state index in [4.69, 9.17) is 0 Å². The van der Waals surface area contributed by atoms with Crippen LogP contribution in [0.5, 0.6) is 0 Å². The molecule has 4 saturated carbocycles. The largest absolute Gasteiger partial charge is 0.316 e. The number of fused-ring (bicyclic) bond motifs is 12. The Morgan fingerprint density at radius 1 is 0.221 bits per heavy atom. The molecule has 0 unspecified atom stereocenters. The van der Waals surface area contributed by atoms with E-state index in [2.05, 4.69) is 440 Å². The molecular weight excluding hydrogens is 1690 g/mol. The summed E-state index contributed by atoms with van der Waals surface area (Å²) in [6, 6.07) is 126. The molecule has 8 aliphatic rings. The molecular formula is C132H134B2N6. The molecule has 0 radical (unpaired) electrons. The Hall–Kier alpha value is -13.0. The van der Waals surface area contributed by atoms with Crippen LogP contribution < -0.4 is 52.4 Å². The van der Waals surface area contributed by atoms with E-state index >= 15 is 0 Å². The molecule has 698 valence electrons. The minimum absolute atomic E-state index is 0.0300. The van der Waals surface area contributed by atoms with Gasteiger partial charge < -0.3 is 28.7 Å². The van der Waals surface area contributed by atoms with Crippen LogP contribution in [-0.4, -0.2) is 22.6 Å². The summed E-state index contributed by atoms with van der Waals surface area (Å²) in [5.74, 6) is 2.48. The number of aromatic nitrogens is 2. The Morgan fingerprint density at radius 2 is 0.550 bits per heavy atom. The van der Waals surface area contributed by atoms with Gasteiger partial charge in [0, 0.05) is 90.9 Å². The Morgan fingerprint density at radius 3 is 0.943 bits per heavy atom. The van der Waals surface area contributed by atoms with Crippen molar-refractivity contribution in [2.75, 3.05) is 19.6 Å². The van der Waals surface area contributed by atoms with E-state index in [0.29, 0.717) is 23.7 Å². The molecule has 2 aromatic heterocycles. The molecule has 6 nitrogen and oxygen atoms in total. The highest BCUT2D eigenvalue weighted by Crippen LogP contribution is 2.54. The van der Waals surface area contributed by atoms with Crippen molar-refractivity contribution in [3.63, 3.8) is 0 Å². The minimum atomic E-state index is -0.0300. The topological polar surface area (TPSA) is 22.8 Å². The van der Waals surface area contributed by atoms with Gasteiger partial charge >= 0.3 is 0 Å². The van der Waals surface area contributed by atoms with E-state index in [0.717, 1.165) is 5.69 Å². The average molecular weight is 1830 g/mol. The van der Waals surface area contributed by atoms with Crippen molar-refractivity contribution in [2.24, 2.45) is 0 Å². The zero-order valence-corrected chi connectivity index (χ0v) is 84.5. The highest BCUT2D eigenvalue weighted by atomic mass is 15.2. The number of hydrogen-bond donors (Lipinski definition) is 0. The predicted molar refractivity (Wildman–Crippen MR) is 601 cm³/mol. The zero-order chi connectivity index (χ0) is 95.2. The Balaban J connectivity index is 0.000000162. The zero-order valence-electron chi connectivity index (χ0n) is 84.5. The predicted octanol–water partition coefficient (Wildman–Crippen LogP) is 33.3. The fourth-order valence-electron chi connectivity index (χ4n) is 25.8. The molecule has 4 fully saturated rings. The van der Waals surface area contributed by atoms with Gasteiger partial charge in [0.2, 0.25) is 0 Å². The van der Waals surface area contributed by atoms with Crippen molar-refractivity contribution in [1.82, 2.24) is 9.13 Å². The molecule has 25 rings (SSSR count). The number of nitrogens with zero attached hydrogens (tertiary/aromatic N) is 6. The van der Waals surface area contributed by atoms with E-state index in [1.807, 2.05) is 0 Å². The highest BCUT2D eigenvalue weighted by Gasteiger charge is 2.48. The smallest absolute Gasteiger partial charge is 0.252 e. The lowest BCUT2D eigenvalue weighted by Gasteiger charge is -2.45. The maximum absolute atomic E-state index is 2.72. The number of benzene rings is 15. The molecule has 6 heterocycles. The summed E-state index contributed by atoms with van der Waals surface area (Å²) < 4.78 is 4.99. The molecule has 0 amide bonds. The van der Waals surface area contributed by atoms with E-state index in [9.17, 15) is 0 Å². The van der Waals surface area contributed by atoms with E-state index in [1.165, 1.54) is 335 Å². The second kappa shape index (κ2) is 35.6. The first-order valence-electron chi connectivity index (χ1n) is 53.3. The van der Waals surface area contributed by atoms with Gasteiger partial charge in [0.1, 0.15) is 0 Å². The summed E-state index contributed by atoms with van der Waals surface area (Å²) >= 11 is 0. The second-order valence-electron chi connectivity index (χ2n) is 46.6. The maximum atomic E-state index is 2.72. The van der Waals surface area contributed by atoms with Crippen LogP contribution in [0.4, 0.5) is 68.2 Å². The van der Waals surface area contributed by atoms with Gasteiger partial charge in [-0.2, -0.15) is 0 Å². The number of para-hydroxylation sites is 3. The van der Waals surface area contributed by atoms with Crippen molar-refractivity contribution >= 4 is 147 Å². The molecule has 17 aromatic rings. The monoisotopic (exact) mass is 1830 g/mol. The number of rotatable bonds is 12. The molecule has 15 aromatic carbocycles. The van der Waals surface area contributed by atoms with Crippen molar-refractivity contribution in [3.8, 4) is 33.6 Å². The third kappa shape index (κ3) is 16.1. The van der Waals surface area contributed by atoms with Crippen LogP contribution >= 0.6 is 0 Å². The summed E-state index contributed by atoms with van der Waals surface area (Å²) in [5.41, 5.74) is 45.7. The molecule has 0 atom stereocenters. The van der Waals surface area contributed by atoms with E-state index < -0.39 is 0 Å². The molecule has 140 heavy (non-hydrogen) atoms. The minimum Gasteiger partial charge on any atom is -0.316 e. The average Bonchev–Trinajstić information content (AvgIpc) is 0.791. The first kappa shape index (κ1) is 89.6. The number of anilines is 12. The normalized spacial score (nSPS) is 16.4. The first-order chi connectivity index (χ1) is 67.9. The fraction of sp³-hybridized carbons (Fsp3) is 0.303. The third-order valence-electron chi connectivity index (χ3n) is 33.5. The highest BCUT2D eigenvalue weighted by molar-refractivity contribution is 7.01. The van der Waals surface area contributed by atoms with Crippen molar-refractivity contribution in [3.05, 3.63) is 372 Å². The third-order valence-corrected chi connectivity index (χ3v) is 33.5. The Labute approximate surface area is 832 Å². The number of hydrogen-bond acceptors (Lipinski definition) is 4. The van der Waals surface area contributed by atoms with Crippen LogP contribution in [0, 0.1) is 0 Å².